The first-order valence-electron chi connectivity index (χ1n) is 6.45. The third-order valence-corrected chi connectivity index (χ3v) is 3.94. The molecule has 1 atom stereocenters. The van der Waals surface area contributed by atoms with Crippen molar-refractivity contribution >= 4 is 11.3 Å². The lowest BCUT2D eigenvalue weighted by atomic mass is 10.1. The first kappa shape index (κ1) is 14.9. The van der Waals surface area contributed by atoms with Crippen molar-refractivity contribution in [1.82, 2.24) is 5.32 Å². The Bertz CT molecular complexity index is 499. The number of rotatable bonds is 7. The van der Waals surface area contributed by atoms with E-state index in [1.54, 1.807) is 35.6 Å². The zero-order valence-electron chi connectivity index (χ0n) is 11.2. The van der Waals surface area contributed by atoms with Crippen LogP contribution >= 0.6 is 11.3 Å². The molecule has 1 aromatic heterocycles. The molecule has 1 aromatic carbocycles. The fourth-order valence-electron chi connectivity index (χ4n) is 1.92. The molecule has 0 aliphatic heterocycles. The normalized spacial score (nSPS) is 12.6. The Balaban J connectivity index is 1.81. The van der Waals surface area contributed by atoms with E-state index >= 15 is 0 Å². The molecule has 2 nitrogen and oxygen atoms in total. The maximum absolute atomic E-state index is 12.0. The molecule has 0 fully saturated rings. The molecular weight excluding hydrogens is 280 g/mol. The van der Waals surface area contributed by atoms with Crippen LogP contribution in [0.15, 0.2) is 41.8 Å². The topological polar surface area (TPSA) is 21.3 Å². The Kier molecular flexibility index (Phi) is 5.49. The van der Waals surface area contributed by atoms with Crippen LogP contribution in [0.2, 0.25) is 0 Å². The van der Waals surface area contributed by atoms with Gasteiger partial charge in [0.15, 0.2) is 0 Å². The van der Waals surface area contributed by atoms with Crippen LogP contribution in [0.25, 0.3) is 0 Å². The second kappa shape index (κ2) is 7.36. The number of hydrogen-bond acceptors (Lipinski definition) is 3. The highest BCUT2D eigenvalue weighted by Crippen LogP contribution is 2.19. The zero-order valence-corrected chi connectivity index (χ0v) is 12.0. The van der Waals surface area contributed by atoms with Gasteiger partial charge in [-0.25, -0.2) is 0 Å². The summed E-state index contributed by atoms with van der Waals surface area (Å²) in [6.45, 7) is 0.163. The third-order valence-electron chi connectivity index (χ3n) is 3.01. The summed E-state index contributed by atoms with van der Waals surface area (Å²) in [5.41, 5.74) is 1.05. The Hall–Kier alpha value is -1.46. The average Bonchev–Trinajstić information content (AvgIpc) is 2.92. The van der Waals surface area contributed by atoms with E-state index in [0.29, 0.717) is 0 Å². The molecule has 0 aliphatic carbocycles. The summed E-state index contributed by atoms with van der Waals surface area (Å²) in [6, 6.07) is 11.1. The Labute approximate surface area is 121 Å². The third kappa shape index (κ3) is 4.58. The van der Waals surface area contributed by atoms with Crippen LogP contribution in [0, 0.1) is 0 Å². The predicted molar refractivity (Wildman–Crippen MR) is 77.5 cm³/mol. The summed E-state index contributed by atoms with van der Waals surface area (Å²) < 4.78 is 28.4. The van der Waals surface area contributed by atoms with Gasteiger partial charge in [0.2, 0.25) is 0 Å². The van der Waals surface area contributed by atoms with Crippen molar-refractivity contribution in [3.05, 3.63) is 52.2 Å². The van der Waals surface area contributed by atoms with Crippen molar-refractivity contribution in [3.63, 3.8) is 0 Å². The number of thiophene rings is 1. The maximum Gasteiger partial charge on any atom is 0.387 e. The summed E-state index contributed by atoms with van der Waals surface area (Å²) in [4.78, 5) is 1.35. The minimum absolute atomic E-state index is 0.176. The Morgan fingerprint density at radius 3 is 2.55 bits per heavy atom. The fourth-order valence-corrected chi connectivity index (χ4v) is 2.63. The monoisotopic (exact) mass is 297 g/mol. The van der Waals surface area contributed by atoms with Gasteiger partial charge in [-0.1, -0.05) is 18.2 Å². The van der Waals surface area contributed by atoms with Crippen LogP contribution in [-0.2, 0) is 6.42 Å². The van der Waals surface area contributed by atoms with Crippen LogP contribution in [-0.4, -0.2) is 13.2 Å². The van der Waals surface area contributed by atoms with E-state index in [9.17, 15) is 8.78 Å². The van der Waals surface area contributed by atoms with Gasteiger partial charge < -0.3 is 10.1 Å². The minimum Gasteiger partial charge on any atom is -0.435 e. The average molecular weight is 297 g/mol. The quantitative estimate of drug-likeness (QED) is 0.825. The summed E-state index contributed by atoms with van der Waals surface area (Å²) in [7, 11) is 0. The second-order valence-corrected chi connectivity index (χ2v) is 5.48. The van der Waals surface area contributed by atoms with Gasteiger partial charge in [-0.3, -0.25) is 0 Å². The van der Waals surface area contributed by atoms with Crippen molar-refractivity contribution in [2.24, 2.45) is 0 Å². The van der Waals surface area contributed by atoms with E-state index < -0.39 is 6.61 Å². The number of benzene rings is 1. The van der Waals surface area contributed by atoms with Crippen LogP contribution in [0.1, 0.15) is 23.4 Å². The number of ether oxygens (including phenoxy) is 1. The molecule has 1 unspecified atom stereocenters. The number of hydrogen-bond donors (Lipinski definition) is 1. The minimum atomic E-state index is -2.78. The van der Waals surface area contributed by atoms with Gasteiger partial charge >= 0.3 is 6.61 Å². The molecule has 0 amide bonds. The highest BCUT2D eigenvalue weighted by atomic mass is 32.1. The molecule has 1 N–H and O–H groups in total. The largest absolute Gasteiger partial charge is 0.435 e. The van der Waals surface area contributed by atoms with Crippen LogP contribution in [0.3, 0.4) is 0 Å². The van der Waals surface area contributed by atoms with Crippen LogP contribution in [0.5, 0.6) is 5.75 Å². The highest BCUT2D eigenvalue weighted by Gasteiger charge is 2.07. The first-order valence-corrected chi connectivity index (χ1v) is 7.33. The van der Waals surface area contributed by atoms with Gasteiger partial charge in [0, 0.05) is 17.5 Å². The summed E-state index contributed by atoms with van der Waals surface area (Å²) in [5.74, 6) is 0.189. The number of nitrogens with one attached hydrogen (secondary N) is 1. The molecule has 0 bridgehead atoms. The lowest BCUT2D eigenvalue weighted by Gasteiger charge is -2.14. The van der Waals surface area contributed by atoms with Gasteiger partial charge in [0.25, 0.3) is 0 Å². The van der Waals surface area contributed by atoms with Crippen molar-refractivity contribution < 1.29 is 13.5 Å². The molecule has 5 heteroatoms. The van der Waals surface area contributed by atoms with E-state index in [-0.39, 0.29) is 11.8 Å². The van der Waals surface area contributed by atoms with E-state index in [4.69, 9.17) is 0 Å². The predicted octanol–water partition coefficient (Wildman–Crippen LogP) is 4.24. The fraction of sp³-hybridized carbons (Fsp3) is 0.333. The molecule has 0 spiro atoms. The van der Waals surface area contributed by atoms with Crippen molar-refractivity contribution in [2.75, 3.05) is 6.54 Å². The SMILES string of the molecule is CC(NCCc1cccs1)c1ccc(OC(F)F)cc1. The lowest BCUT2D eigenvalue weighted by Crippen LogP contribution is -2.21. The van der Waals surface area contributed by atoms with Crippen molar-refractivity contribution in [2.45, 2.75) is 26.0 Å². The zero-order chi connectivity index (χ0) is 14.4. The molecular formula is C15H17F2NOS. The standard InChI is InChI=1S/C15H17F2NOS/c1-11(18-9-8-14-3-2-10-20-14)12-4-6-13(7-5-12)19-15(16)17/h2-7,10-11,15,18H,8-9H2,1H3. The van der Waals surface area contributed by atoms with E-state index in [1.165, 1.54) is 4.88 Å². The smallest absolute Gasteiger partial charge is 0.387 e. The van der Waals surface area contributed by atoms with Crippen molar-refractivity contribution in [1.29, 1.82) is 0 Å². The van der Waals surface area contributed by atoms with Gasteiger partial charge in [-0.05, 0) is 42.5 Å². The summed E-state index contributed by atoms with van der Waals surface area (Å²) in [6.07, 6.45) is 0.995. The van der Waals surface area contributed by atoms with Gasteiger partial charge in [-0.2, -0.15) is 8.78 Å². The molecule has 2 rings (SSSR count). The van der Waals surface area contributed by atoms with Crippen LogP contribution < -0.4 is 10.1 Å². The molecule has 0 saturated heterocycles. The summed E-state index contributed by atoms with van der Waals surface area (Å²) >= 11 is 1.75. The highest BCUT2D eigenvalue weighted by molar-refractivity contribution is 7.09. The Morgan fingerprint density at radius 1 is 1.20 bits per heavy atom. The van der Waals surface area contributed by atoms with Gasteiger partial charge in [-0.15, -0.1) is 11.3 Å². The summed E-state index contributed by atoms with van der Waals surface area (Å²) in [5, 5.41) is 5.49. The molecule has 108 valence electrons. The lowest BCUT2D eigenvalue weighted by molar-refractivity contribution is -0.0498. The van der Waals surface area contributed by atoms with Gasteiger partial charge in [0.05, 0.1) is 0 Å². The maximum atomic E-state index is 12.0. The number of halogens is 2. The first-order chi connectivity index (χ1) is 9.65. The Morgan fingerprint density at radius 2 is 1.95 bits per heavy atom. The van der Waals surface area contributed by atoms with Crippen molar-refractivity contribution in [3.8, 4) is 5.75 Å². The van der Waals surface area contributed by atoms with E-state index in [2.05, 4.69) is 28.4 Å². The van der Waals surface area contributed by atoms with Crippen LogP contribution in [0.4, 0.5) is 8.78 Å². The number of alkyl halides is 2. The molecule has 1 heterocycles. The molecule has 20 heavy (non-hydrogen) atoms. The molecule has 0 saturated carbocycles. The molecule has 0 radical (unpaired) electrons. The van der Waals surface area contributed by atoms with Gasteiger partial charge in [0.1, 0.15) is 5.75 Å². The van der Waals surface area contributed by atoms with E-state index in [1.807, 2.05) is 6.07 Å². The van der Waals surface area contributed by atoms with E-state index in [0.717, 1.165) is 18.5 Å². The molecule has 0 aliphatic rings. The second-order valence-electron chi connectivity index (χ2n) is 4.45. The molecule has 2 aromatic rings.